The maximum Gasteiger partial charge on any atom is 0.254 e. The van der Waals surface area contributed by atoms with Crippen LogP contribution in [0.1, 0.15) is 22.8 Å². The van der Waals surface area contributed by atoms with Gasteiger partial charge in [-0.05, 0) is 13.3 Å². The molecule has 0 spiro atoms. The van der Waals surface area contributed by atoms with Crippen LogP contribution in [0.25, 0.3) is 0 Å². The molecule has 1 aromatic rings. The number of halogens is 1. The molecule has 80 valence electrons. The molecule has 1 aromatic heterocycles. The van der Waals surface area contributed by atoms with E-state index in [4.69, 9.17) is 11.6 Å². The largest absolute Gasteiger partial charge is 0.369 e. The first-order chi connectivity index (χ1) is 7.24. The molecule has 0 aromatic carbocycles. The van der Waals surface area contributed by atoms with Crippen LogP contribution in [0.2, 0.25) is 5.02 Å². The van der Waals surface area contributed by atoms with E-state index in [1.807, 2.05) is 6.92 Å². The van der Waals surface area contributed by atoms with Gasteiger partial charge in [0.15, 0.2) is 0 Å². The third kappa shape index (κ3) is 1.77. The Hall–Kier alpha value is -1.29. The van der Waals surface area contributed by atoms with Crippen molar-refractivity contribution in [2.75, 3.05) is 18.4 Å². The van der Waals surface area contributed by atoms with Crippen LogP contribution < -0.4 is 10.6 Å². The first-order valence-corrected chi connectivity index (χ1v) is 5.31. The van der Waals surface area contributed by atoms with Gasteiger partial charge in [-0.15, -0.1) is 0 Å². The first kappa shape index (κ1) is 10.2. The number of nitrogens with zero attached hydrogens (tertiary/aromatic N) is 1. The van der Waals surface area contributed by atoms with Gasteiger partial charge in [0.25, 0.3) is 5.91 Å². The zero-order valence-electron chi connectivity index (χ0n) is 8.43. The predicted octanol–water partition coefficient (Wildman–Crippen LogP) is 1.45. The van der Waals surface area contributed by atoms with Gasteiger partial charge in [-0.3, -0.25) is 4.79 Å². The molecule has 0 fully saturated rings. The van der Waals surface area contributed by atoms with Gasteiger partial charge in [-0.25, -0.2) is 4.98 Å². The zero-order chi connectivity index (χ0) is 10.8. The van der Waals surface area contributed by atoms with Crippen LogP contribution in [-0.4, -0.2) is 24.0 Å². The van der Waals surface area contributed by atoms with Crippen LogP contribution in [0.4, 0.5) is 5.82 Å². The van der Waals surface area contributed by atoms with Crippen LogP contribution in [0, 0.1) is 0 Å². The summed E-state index contributed by atoms with van der Waals surface area (Å²) in [7, 11) is 0. The highest BCUT2D eigenvalue weighted by Gasteiger charge is 2.20. The minimum Gasteiger partial charge on any atom is -0.369 e. The number of amides is 1. The summed E-state index contributed by atoms with van der Waals surface area (Å²) < 4.78 is 0. The highest BCUT2D eigenvalue weighted by Crippen LogP contribution is 2.29. The van der Waals surface area contributed by atoms with E-state index in [2.05, 4.69) is 15.6 Å². The first-order valence-electron chi connectivity index (χ1n) is 4.93. The molecule has 2 rings (SSSR count). The molecule has 0 atom stereocenters. The smallest absolute Gasteiger partial charge is 0.254 e. The fourth-order valence-electron chi connectivity index (χ4n) is 1.63. The van der Waals surface area contributed by atoms with E-state index in [0.717, 1.165) is 24.3 Å². The van der Waals surface area contributed by atoms with Crippen molar-refractivity contribution in [1.29, 1.82) is 0 Å². The molecule has 0 radical (unpaired) electrons. The number of hydrogen-bond acceptors (Lipinski definition) is 3. The fourth-order valence-corrected chi connectivity index (χ4v) is 1.95. The van der Waals surface area contributed by atoms with Gasteiger partial charge in [-0.1, -0.05) is 11.6 Å². The molecule has 0 saturated heterocycles. The number of fused-ring (bicyclic) bond motifs is 1. The lowest BCUT2D eigenvalue weighted by atomic mass is 10.1. The Labute approximate surface area is 93.0 Å². The van der Waals surface area contributed by atoms with E-state index in [9.17, 15) is 4.79 Å². The molecule has 4 nitrogen and oxygen atoms in total. The monoisotopic (exact) mass is 225 g/mol. The maximum atomic E-state index is 11.6. The van der Waals surface area contributed by atoms with Crippen molar-refractivity contribution in [1.82, 2.24) is 10.3 Å². The molecule has 1 amide bonds. The molecule has 0 aliphatic carbocycles. The number of pyridine rings is 1. The Balaban J connectivity index is 2.38. The van der Waals surface area contributed by atoms with Gasteiger partial charge in [-0.2, -0.15) is 0 Å². The second-order valence-electron chi connectivity index (χ2n) is 3.35. The molecule has 1 aliphatic rings. The van der Waals surface area contributed by atoms with Gasteiger partial charge in [0.05, 0.1) is 10.6 Å². The average molecular weight is 226 g/mol. The van der Waals surface area contributed by atoms with E-state index in [1.54, 1.807) is 0 Å². The Morgan fingerprint density at radius 3 is 3.27 bits per heavy atom. The fraction of sp³-hybridized carbons (Fsp3) is 0.400. The Bertz CT molecular complexity index is 406. The minimum atomic E-state index is -0.162. The van der Waals surface area contributed by atoms with Crippen molar-refractivity contribution < 1.29 is 4.79 Å². The van der Waals surface area contributed by atoms with E-state index in [1.165, 1.54) is 6.20 Å². The van der Waals surface area contributed by atoms with Gasteiger partial charge in [0.2, 0.25) is 0 Å². The summed E-state index contributed by atoms with van der Waals surface area (Å²) in [5.41, 5.74) is 1.40. The van der Waals surface area contributed by atoms with Crippen LogP contribution in [0.5, 0.6) is 0 Å². The summed E-state index contributed by atoms with van der Waals surface area (Å²) >= 11 is 6.14. The average Bonchev–Trinajstić information content (AvgIpc) is 2.67. The Morgan fingerprint density at radius 2 is 2.53 bits per heavy atom. The van der Waals surface area contributed by atoms with Gasteiger partial charge in [0.1, 0.15) is 5.82 Å². The third-order valence-electron chi connectivity index (χ3n) is 2.36. The number of carbonyl (C=O) groups is 1. The van der Waals surface area contributed by atoms with Crippen molar-refractivity contribution in [3.63, 3.8) is 0 Å². The van der Waals surface area contributed by atoms with Crippen molar-refractivity contribution in [3.8, 4) is 0 Å². The van der Waals surface area contributed by atoms with Crippen molar-refractivity contribution in [2.45, 2.75) is 13.3 Å². The van der Waals surface area contributed by atoms with E-state index in [-0.39, 0.29) is 5.91 Å². The molecule has 0 saturated carbocycles. The van der Waals surface area contributed by atoms with Crippen LogP contribution in [-0.2, 0) is 6.42 Å². The second kappa shape index (κ2) is 4.06. The number of carbonyl (C=O) groups excluding carboxylic acids is 1. The summed E-state index contributed by atoms with van der Waals surface area (Å²) in [6.07, 6.45) is 2.35. The van der Waals surface area contributed by atoms with Crippen LogP contribution in [0.3, 0.4) is 0 Å². The van der Waals surface area contributed by atoms with Gasteiger partial charge >= 0.3 is 0 Å². The van der Waals surface area contributed by atoms with Gasteiger partial charge in [0, 0.05) is 24.8 Å². The molecule has 15 heavy (non-hydrogen) atoms. The van der Waals surface area contributed by atoms with Gasteiger partial charge < -0.3 is 10.6 Å². The molecule has 0 bridgehead atoms. The maximum absolute atomic E-state index is 11.6. The minimum absolute atomic E-state index is 0.162. The lowest BCUT2D eigenvalue weighted by molar-refractivity contribution is 0.0955. The normalized spacial score (nSPS) is 13.2. The summed E-state index contributed by atoms with van der Waals surface area (Å²) in [6.45, 7) is 3.29. The van der Waals surface area contributed by atoms with E-state index in [0.29, 0.717) is 17.1 Å². The lowest BCUT2D eigenvalue weighted by Gasteiger charge is -2.07. The van der Waals surface area contributed by atoms with Crippen LogP contribution in [0.15, 0.2) is 6.20 Å². The number of anilines is 1. The molecule has 0 unspecified atom stereocenters. The van der Waals surface area contributed by atoms with Crippen LogP contribution >= 0.6 is 11.6 Å². The highest BCUT2D eigenvalue weighted by atomic mass is 35.5. The molecule has 1 aliphatic heterocycles. The number of nitrogens with one attached hydrogen (secondary N) is 2. The molecule has 2 N–H and O–H groups in total. The summed E-state index contributed by atoms with van der Waals surface area (Å²) in [4.78, 5) is 15.8. The molecular formula is C10H12ClN3O. The van der Waals surface area contributed by atoms with Crippen molar-refractivity contribution >= 4 is 23.3 Å². The van der Waals surface area contributed by atoms with Crippen molar-refractivity contribution in [3.05, 3.63) is 22.3 Å². The Kier molecular flexibility index (Phi) is 2.77. The second-order valence-corrected chi connectivity index (χ2v) is 3.73. The lowest BCUT2D eigenvalue weighted by Crippen LogP contribution is -2.23. The summed E-state index contributed by atoms with van der Waals surface area (Å²) in [5.74, 6) is 0.637. The predicted molar refractivity (Wildman–Crippen MR) is 59.4 cm³/mol. The standard InChI is InChI=1S/C10H12ClN3O/c1-2-12-10(15)7-5-14-9-6(8(7)11)3-4-13-9/h5H,2-4H2,1H3,(H,12,15)(H,13,14). The number of aromatic nitrogens is 1. The van der Waals surface area contributed by atoms with Crippen molar-refractivity contribution in [2.24, 2.45) is 0 Å². The molecule has 5 heteroatoms. The molecule has 2 heterocycles. The van der Waals surface area contributed by atoms with E-state index >= 15 is 0 Å². The quantitative estimate of drug-likeness (QED) is 0.801. The topological polar surface area (TPSA) is 54.0 Å². The highest BCUT2D eigenvalue weighted by molar-refractivity contribution is 6.35. The third-order valence-corrected chi connectivity index (χ3v) is 2.79. The number of hydrogen-bond donors (Lipinski definition) is 2. The summed E-state index contributed by atoms with van der Waals surface area (Å²) in [6, 6.07) is 0. The molecular weight excluding hydrogens is 214 g/mol. The number of rotatable bonds is 2. The zero-order valence-corrected chi connectivity index (χ0v) is 9.19. The van der Waals surface area contributed by atoms with E-state index < -0.39 is 0 Å². The summed E-state index contributed by atoms with van der Waals surface area (Å²) in [5, 5.41) is 6.35. The Morgan fingerprint density at radius 1 is 1.73 bits per heavy atom. The SMILES string of the molecule is CCNC(=O)c1cnc2c(c1Cl)CCN2.